The van der Waals surface area contributed by atoms with Gasteiger partial charge in [0, 0.05) is 7.05 Å². The summed E-state index contributed by atoms with van der Waals surface area (Å²) >= 11 is 0. The first-order chi connectivity index (χ1) is 10.0. The van der Waals surface area contributed by atoms with Crippen molar-refractivity contribution in [2.45, 2.75) is 57.0 Å². The lowest BCUT2D eigenvalue weighted by Crippen LogP contribution is -2.57. The van der Waals surface area contributed by atoms with Crippen LogP contribution in [0, 0.1) is 5.92 Å². The fourth-order valence-electron chi connectivity index (χ4n) is 4.22. The highest BCUT2D eigenvalue weighted by Crippen LogP contribution is 2.38. The fraction of sp³-hybridized carbons (Fsp3) is 0.611. The number of nitrogens with two attached hydrogens (primary N) is 1. The van der Waals surface area contributed by atoms with Crippen LogP contribution in [-0.4, -0.2) is 23.4 Å². The van der Waals surface area contributed by atoms with Gasteiger partial charge in [-0.15, -0.1) is 0 Å². The maximum atomic E-state index is 13.0. The van der Waals surface area contributed by atoms with Crippen molar-refractivity contribution in [3.63, 3.8) is 0 Å². The van der Waals surface area contributed by atoms with Gasteiger partial charge >= 0.3 is 0 Å². The normalized spacial score (nSPS) is 31.8. The maximum absolute atomic E-state index is 13.0. The van der Waals surface area contributed by atoms with E-state index >= 15 is 0 Å². The molecule has 3 rings (SSSR count). The Balaban J connectivity index is 1.79. The number of amides is 1. The Hall–Kier alpha value is -1.35. The summed E-state index contributed by atoms with van der Waals surface area (Å²) in [5, 5.41) is 0. The van der Waals surface area contributed by atoms with Crippen molar-refractivity contribution in [1.82, 2.24) is 4.90 Å². The quantitative estimate of drug-likeness (QED) is 0.908. The van der Waals surface area contributed by atoms with Crippen LogP contribution < -0.4 is 5.73 Å². The lowest BCUT2D eigenvalue weighted by molar-refractivity contribution is -0.139. The van der Waals surface area contributed by atoms with Crippen LogP contribution in [0.2, 0.25) is 0 Å². The van der Waals surface area contributed by atoms with E-state index in [0.29, 0.717) is 5.92 Å². The second kappa shape index (κ2) is 5.45. The Morgan fingerprint density at radius 2 is 2.10 bits per heavy atom. The van der Waals surface area contributed by atoms with Crippen molar-refractivity contribution >= 4 is 5.91 Å². The molecule has 3 unspecified atom stereocenters. The first kappa shape index (κ1) is 14.6. The predicted molar refractivity (Wildman–Crippen MR) is 84.8 cm³/mol. The number of benzene rings is 1. The molecule has 2 aliphatic carbocycles. The SMILES string of the molecule is CC1CCCC(N)(C(=O)N(C)C2CCc3ccccc32)C1. The van der Waals surface area contributed by atoms with Crippen LogP contribution in [0.1, 0.15) is 56.2 Å². The van der Waals surface area contributed by atoms with Crippen LogP contribution in [0.5, 0.6) is 0 Å². The fourth-order valence-corrected chi connectivity index (χ4v) is 4.22. The smallest absolute Gasteiger partial charge is 0.242 e. The summed E-state index contributed by atoms with van der Waals surface area (Å²) in [6.07, 6.45) is 6.00. The molecule has 1 aromatic rings. The molecule has 1 aromatic carbocycles. The van der Waals surface area contributed by atoms with E-state index in [1.807, 2.05) is 11.9 Å². The predicted octanol–water partition coefficient (Wildman–Crippen LogP) is 3.04. The Labute approximate surface area is 127 Å². The monoisotopic (exact) mass is 286 g/mol. The van der Waals surface area contributed by atoms with Gasteiger partial charge in [0.1, 0.15) is 0 Å². The molecule has 0 aromatic heterocycles. The minimum Gasteiger partial charge on any atom is -0.337 e. The molecule has 0 spiro atoms. The van der Waals surface area contributed by atoms with Gasteiger partial charge in [-0.2, -0.15) is 0 Å². The van der Waals surface area contributed by atoms with Crippen LogP contribution in [0.4, 0.5) is 0 Å². The van der Waals surface area contributed by atoms with Gasteiger partial charge < -0.3 is 10.6 Å². The van der Waals surface area contributed by atoms with E-state index in [1.165, 1.54) is 17.5 Å². The highest BCUT2D eigenvalue weighted by atomic mass is 16.2. The molecule has 0 bridgehead atoms. The Bertz CT molecular complexity index is 542. The van der Waals surface area contributed by atoms with Gasteiger partial charge in [-0.05, 0) is 42.7 Å². The minimum atomic E-state index is -0.649. The summed E-state index contributed by atoms with van der Waals surface area (Å²) in [4.78, 5) is 14.9. The summed E-state index contributed by atoms with van der Waals surface area (Å²) in [7, 11) is 1.93. The van der Waals surface area contributed by atoms with Gasteiger partial charge in [0.15, 0.2) is 0 Å². The van der Waals surface area contributed by atoms with E-state index in [4.69, 9.17) is 5.73 Å². The molecule has 2 aliphatic rings. The number of likely N-dealkylation sites (N-methyl/N-ethyl adjacent to an activating group) is 1. The zero-order chi connectivity index (χ0) is 15.0. The summed E-state index contributed by atoms with van der Waals surface area (Å²) in [6, 6.07) is 8.68. The number of aryl methyl sites for hydroxylation is 1. The van der Waals surface area contributed by atoms with Crippen molar-refractivity contribution in [3.05, 3.63) is 35.4 Å². The van der Waals surface area contributed by atoms with Crippen molar-refractivity contribution in [2.75, 3.05) is 7.05 Å². The average Bonchev–Trinajstić information content (AvgIpc) is 2.89. The highest BCUT2D eigenvalue weighted by molar-refractivity contribution is 5.86. The van der Waals surface area contributed by atoms with E-state index in [-0.39, 0.29) is 11.9 Å². The van der Waals surface area contributed by atoms with Crippen molar-refractivity contribution in [1.29, 1.82) is 0 Å². The second-order valence-electron chi connectivity index (χ2n) is 7.03. The number of rotatable bonds is 2. The Kier molecular flexibility index (Phi) is 3.78. The van der Waals surface area contributed by atoms with Crippen molar-refractivity contribution < 1.29 is 4.79 Å². The molecule has 21 heavy (non-hydrogen) atoms. The van der Waals surface area contributed by atoms with Crippen molar-refractivity contribution in [3.8, 4) is 0 Å². The Morgan fingerprint density at radius 1 is 1.33 bits per heavy atom. The molecule has 0 saturated heterocycles. The summed E-state index contributed by atoms with van der Waals surface area (Å²) in [6.45, 7) is 2.21. The molecule has 3 atom stereocenters. The van der Waals surface area contributed by atoms with Gasteiger partial charge in [-0.3, -0.25) is 4.79 Å². The molecule has 3 nitrogen and oxygen atoms in total. The van der Waals surface area contributed by atoms with Crippen LogP contribution >= 0.6 is 0 Å². The summed E-state index contributed by atoms with van der Waals surface area (Å²) in [5.41, 5.74) is 8.53. The molecule has 2 N–H and O–H groups in total. The third-order valence-electron chi connectivity index (χ3n) is 5.35. The number of carbonyl (C=O) groups is 1. The van der Waals surface area contributed by atoms with E-state index in [1.54, 1.807) is 0 Å². The van der Waals surface area contributed by atoms with Gasteiger partial charge in [-0.1, -0.05) is 44.0 Å². The average molecular weight is 286 g/mol. The van der Waals surface area contributed by atoms with Crippen molar-refractivity contribution in [2.24, 2.45) is 11.7 Å². The van der Waals surface area contributed by atoms with Gasteiger partial charge in [0.2, 0.25) is 5.91 Å². The lowest BCUT2D eigenvalue weighted by atomic mass is 9.76. The number of fused-ring (bicyclic) bond motifs is 1. The summed E-state index contributed by atoms with van der Waals surface area (Å²) < 4.78 is 0. The minimum absolute atomic E-state index is 0.135. The third-order valence-corrected chi connectivity index (χ3v) is 5.35. The van der Waals surface area contributed by atoms with Crippen LogP contribution in [0.25, 0.3) is 0 Å². The first-order valence-corrected chi connectivity index (χ1v) is 8.15. The number of hydrogen-bond donors (Lipinski definition) is 1. The molecular weight excluding hydrogens is 260 g/mol. The van der Waals surface area contributed by atoms with Crippen LogP contribution in [0.15, 0.2) is 24.3 Å². The van der Waals surface area contributed by atoms with E-state index in [2.05, 4.69) is 31.2 Å². The first-order valence-electron chi connectivity index (χ1n) is 8.15. The highest BCUT2D eigenvalue weighted by Gasteiger charge is 2.42. The largest absolute Gasteiger partial charge is 0.337 e. The number of carbonyl (C=O) groups excluding carboxylic acids is 1. The molecule has 1 fully saturated rings. The van der Waals surface area contributed by atoms with Crippen LogP contribution in [-0.2, 0) is 11.2 Å². The van der Waals surface area contributed by atoms with Gasteiger partial charge in [0.25, 0.3) is 0 Å². The van der Waals surface area contributed by atoms with E-state index in [0.717, 1.165) is 32.1 Å². The molecule has 1 saturated carbocycles. The maximum Gasteiger partial charge on any atom is 0.242 e. The molecule has 0 radical (unpaired) electrons. The number of hydrogen-bond acceptors (Lipinski definition) is 2. The zero-order valence-corrected chi connectivity index (χ0v) is 13.1. The molecule has 0 heterocycles. The number of nitrogens with zero attached hydrogens (tertiary/aromatic N) is 1. The topological polar surface area (TPSA) is 46.3 Å². The lowest BCUT2D eigenvalue weighted by Gasteiger charge is -2.40. The van der Waals surface area contributed by atoms with E-state index < -0.39 is 5.54 Å². The van der Waals surface area contributed by atoms with E-state index in [9.17, 15) is 4.79 Å². The van der Waals surface area contributed by atoms with Crippen LogP contribution in [0.3, 0.4) is 0 Å². The molecule has 114 valence electrons. The molecule has 0 aliphatic heterocycles. The molecule has 1 amide bonds. The second-order valence-corrected chi connectivity index (χ2v) is 7.03. The van der Waals surface area contributed by atoms with Gasteiger partial charge in [-0.25, -0.2) is 0 Å². The summed E-state index contributed by atoms with van der Waals surface area (Å²) in [5.74, 6) is 0.688. The molecular formula is C18H26N2O. The zero-order valence-electron chi connectivity index (χ0n) is 13.1. The molecule has 3 heteroatoms. The Morgan fingerprint density at radius 3 is 2.86 bits per heavy atom. The third kappa shape index (κ3) is 2.59. The van der Waals surface area contributed by atoms with Gasteiger partial charge in [0.05, 0.1) is 11.6 Å². The standard InChI is InChI=1S/C18H26N2O/c1-13-6-5-11-18(19,12-13)17(21)20(2)16-10-9-14-7-3-4-8-15(14)16/h3-4,7-8,13,16H,5-6,9-12,19H2,1-2H3.